The summed E-state index contributed by atoms with van der Waals surface area (Å²) >= 11 is 3.60. The lowest BCUT2D eigenvalue weighted by Crippen LogP contribution is -2.22. The maximum absolute atomic E-state index is 4.14. The van der Waals surface area contributed by atoms with Gasteiger partial charge in [-0.25, -0.2) is 4.68 Å². The minimum atomic E-state index is 0.0992. The van der Waals surface area contributed by atoms with Crippen molar-refractivity contribution < 1.29 is 0 Å². The minimum Gasteiger partial charge on any atom is -0.308 e. The van der Waals surface area contributed by atoms with E-state index in [1.807, 2.05) is 36.1 Å². The zero-order valence-corrected chi connectivity index (χ0v) is 12.2. The maximum Gasteiger partial charge on any atom is 0.0802 e. The van der Waals surface area contributed by atoms with Crippen molar-refractivity contribution in [2.75, 3.05) is 7.05 Å². The van der Waals surface area contributed by atoms with Crippen LogP contribution in [0.25, 0.3) is 0 Å². The summed E-state index contributed by atoms with van der Waals surface area (Å²) in [6, 6.07) is 8.31. The van der Waals surface area contributed by atoms with Crippen LogP contribution in [0.1, 0.15) is 30.6 Å². The Morgan fingerprint density at radius 2 is 2.17 bits per heavy atom. The average molecular weight is 309 g/mol. The van der Waals surface area contributed by atoms with Gasteiger partial charge in [-0.2, -0.15) is 0 Å². The van der Waals surface area contributed by atoms with Crippen molar-refractivity contribution in [2.24, 2.45) is 0 Å². The smallest absolute Gasteiger partial charge is 0.0802 e. The van der Waals surface area contributed by atoms with Crippen molar-refractivity contribution in [2.45, 2.75) is 25.9 Å². The Hall–Kier alpha value is -1.20. The molecule has 0 saturated carbocycles. The molecule has 0 spiro atoms. The van der Waals surface area contributed by atoms with Gasteiger partial charge in [0.2, 0.25) is 0 Å². The number of hydrogen-bond acceptors (Lipinski definition) is 3. The van der Waals surface area contributed by atoms with Gasteiger partial charge in [-0.1, -0.05) is 46.3 Å². The summed E-state index contributed by atoms with van der Waals surface area (Å²) in [7, 11) is 1.95. The van der Waals surface area contributed by atoms with Crippen molar-refractivity contribution in [1.29, 1.82) is 0 Å². The predicted octanol–water partition coefficient (Wildman–Crippen LogP) is 2.76. The van der Waals surface area contributed by atoms with Crippen LogP contribution in [0.3, 0.4) is 0 Å². The van der Waals surface area contributed by atoms with Crippen molar-refractivity contribution >= 4 is 15.9 Å². The molecule has 1 aromatic carbocycles. The summed E-state index contributed by atoms with van der Waals surface area (Å²) in [5, 5.41) is 11.5. The van der Waals surface area contributed by atoms with E-state index in [9.17, 15) is 0 Å². The van der Waals surface area contributed by atoms with Crippen LogP contribution in [0.4, 0.5) is 0 Å². The van der Waals surface area contributed by atoms with Crippen molar-refractivity contribution in [3.63, 3.8) is 0 Å². The SMILES string of the molecule is CCCn1nncc1C(NC)c1ccccc1Br. The first-order chi connectivity index (χ1) is 8.77. The molecule has 1 heterocycles. The second kappa shape index (κ2) is 6.11. The lowest BCUT2D eigenvalue weighted by atomic mass is 10.0. The lowest BCUT2D eigenvalue weighted by Gasteiger charge is -2.18. The first-order valence-electron chi connectivity index (χ1n) is 6.08. The van der Waals surface area contributed by atoms with E-state index in [1.54, 1.807) is 0 Å². The van der Waals surface area contributed by atoms with Crippen molar-refractivity contribution in [1.82, 2.24) is 20.3 Å². The molecular formula is C13H17BrN4. The fourth-order valence-electron chi connectivity index (χ4n) is 2.05. The molecule has 0 aliphatic rings. The molecule has 0 aliphatic heterocycles. The van der Waals surface area contributed by atoms with Crippen molar-refractivity contribution in [3.05, 3.63) is 46.2 Å². The predicted molar refractivity (Wildman–Crippen MR) is 75.4 cm³/mol. The molecule has 18 heavy (non-hydrogen) atoms. The summed E-state index contributed by atoms with van der Waals surface area (Å²) in [5.74, 6) is 0. The summed E-state index contributed by atoms with van der Waals surface area (Å²) in [6.07, 6.45) is 2.87. The summed E-state index contributed by atoms with van der Waals surface area (Å²) < 4.78 is 3.05. The summed E-state index contributed by atoms with van der Waals surface area (Å²) in [5.41, 5.74) is 2.28. The zero-order valence-electron chi connectivity index (χ0n) is 10.6. The average Bonchev–Trinajstić information content (AvgIpc) is 2.82. The van der Waals surface area contributed by atoms with Crippen LogP contribution in [0.5, 0.6) is 0 Å². The quantitative estimate of drug-likeness (QED) is 0.923. The van der Waals surface area contributed by atoms with Gasteiger partial charge in [0.15, 0.2) is 0 Å². The molecule has 1 aromatic heterocycles. The molecule has 1 unspecified atom stereocenters. The third-order valence-electron chi connectivity index (χ3n) is 2.88. The fraction of sp³-hybridized carbons (Fsp3) is 0.385. The fourth-order valence-corrected chi connectivity index (χ4v) is 2.56. The molecule has 0 amide bonds. The highest BCUT2D eigenvalue weighted by Gasteiger charge is 2.19. The van der Waals surface area contributed by atoms with Crippen LogP contribution in [0.15, 0.2) is 34.9 Å². The Labute approximate surface area is 116 Å². The van der Waals surface area contributed by atoms with Gasteiger partial charge in [-0.3, -0.25) is 0 Å². The Morgan fingerprint density at radius 1 is 1.39 bits per heavy atom. The van der Waals surface area contributed by atoms with Gasteiger partial charge in [-0.05, 0) is 25.1 Å². The monoisotopic (exact) mass is 308 g/mol. The van der Waals surface area contributed by atoms with E-state index in [1.165, 1.54) is 5.56 Å². The molecule has 1 atom stereocenters. The number of nitrogens with zero attached hydrogens (tertiary/aromatic N) is 3. The molecule has 96 valence electrons. The van der Waals surface area contributed by atoms with E-state index < -0.39 is 0 Å². The van der Waals surface area contributed by atoms with Gasteiger partial charge in [0, 0.05) is 11.0 Å². The number of aromatic nitrogens is 3. The molecule has 0 radical (unpaired) electrons. The topological polar surface area (TPSA) is 42.7 Å². The molecule has 2 aromatic rings. The van der Waals surface area contributed by atoms with Crippen LogP contribution >= 0.6 is 15.9 Å². The number of halogens is 1. The largest absolute Gasteiger partial charge is 0.308 e. The second-order valence-corrected chi connectivity index (χ2v) is 4.98. The molecule has 4 nitrogen and oxygen atoms in total. The summed E-state index contributed by atoms with van der Waals surface area (Å²) in [4.78, 5) is 0. The zero-order chi connectivity index (χ0) is 13.0. The Balaban J connectivity index is 2.39. The molecule has 2 rings (SSSR count). The van der Waals surface area contributed by atoms with E-state index in [0.717, 1.165) is 23.1 Å². The van der Waals surface area contributed by atoms with E-state index in [2.05, 4.69) is 44.5 Å². The molecule has 0 saturated heterocycles. The van der Waals surface area contributed by atoms with Crippen LogP contribution in [0.2, 0.25) is 0 Å². The van der Waals surface area contributed by atoms with E-state index >= 15 is 0 Å². The molecule has 5 heteroatoms. The maximum atomic E-state index is 4.14. The normalized spacial score (nSPS) is 12.6. The van der Waals surface area contributed by atoms with E-state index in [-0.39, 0.29) is 6.04 Å². The molecule has 0 fully saturated rings. The van der Waals surface area contributed by atoms with Crippen LogP contribution in [0, 0.1) is 0 Å². The van der Waals surface area contributed by atoms with Crippen LogP contribution < -0.4 is 5.32 Å². The number of aryl methyl sites for hydroxylation is 1. The highest BCUT2D eigenvalue weighted by Crippen LogP contribution is 2.27. The van der Waals surface area contributed by atoms with Gasteiger partial charge in [-0.15, -0.1) is 5.10 Å². The van der Waals surface area contributed by atoms with Gasteiger partial charge in [0.25, 0.3) is 0 Å². The first kappa shape index (κ1) is 13.2. The Bertz CT molecular complexity index is 509. The standard InChI is InChI=1S/C13H17BrN4/c1-3-8-18-12(9-16-17-18)13(15-2)10-6-4-5-7-11(10)14/h4-7,9,13,15H,3,8H2,1-2H3. The van der Waals surface area contributed by atoms with Gasteiger partial charge in [0.05, 0.1) is 17.9 Å². The molecular weight excluding hydrogens is 292 g/mol. The lowest BCUT2D eigenvalue weighted by molar-refractivity contribution is 0.523. The van der Waals surface area contributed by atoms with Crippen LogP contribution in [-0.4, -0.2) is 22.0 Å². The van der Waals surface area contributed by atoms with E-state index in [0.29, 0.717) is 0 Å². The van der Waals surface area contributed by atoms with Gasteiger partial charge in [0.1, 0.15) is 0 Å². The number of rotatable bonds is 5. The minimum absolute atomic E-state index is 0.0992. The third kappa shape index (κ3) is 2.62. The third-order valence-corrected chi connectivity index (χ3v) is 3.61. The molecule has 0 bridgehead atoms. The molecule has 0 aliphatic carbocycles. The van der Waals surface area contributed by atoms with Gasteiger partial charge < -0.3 is 5.32 Å². The number of benzene rings is 1. The highest BCUT2D eigenvalue weighted by atomic mass is 79.9. The van der Waals surface area contributed by atoms with Crippen molar-refractivity contribution in [3.8, 4) is 0 Å². The first-order valence-corrected chi connectivity index (χ1v) is 6.87. The summed E-state index contributed by atoms with van der Waals surface area (Å²) in [6.45, 7) is 3.02. The Kier molecular flexibility index (Phi) is 4.49. The highest BCUT2D eigenvalue weighted by molar-refractivity contribution is 9.10. The van der Waals surface area contributed by atoms with E-state index in [4.69, 9.17) is 0 Å². The van der Waals surface area contributed by atoms with Crippen LogP contribution in [-0.2, 0) is 6.54 Å². The Morgan fingerprint density at radius 3 is 2.83 bits per heavy atom. The number of hydrogen-bond donors (Lipinski definition) is 1. The van der Waals surface area contributed by atoms with Gasteiger partial charge >= 0.3 is 0 Å². The second-order valence-electron chi connectivity index (χ2n) is 4.13. The number of nitrogens with one attached hydrogen (secondary N) is 1. The molecule has 1 N–H and O–H groups in total.